The molecule has 3 aromatic carbocycles. The van der Waals surface area contributed by atoms with Crippen LogP contribution in [-0.2, 0) is 6.61 Å². The summed E-state index contributed by atoms with van der Waals surface area (Å²) in [5.74, 6) is 0.241. The highest BCUT2D eigenvalue weighted by Crippen LogP contribution is 2.36. The summed E-state index contributed by atoms with van der Waals surface area (Å²) in [6.07, 6.45) is 1.70. The summed E-state index contributed by atoms with van der Waals surface area (Å²) in [7, 11) is 0. The van der Waals surface area contributed by atoms with Crippen molar-refractivity contribution in [2.45, 2.75) is 6.61 Å². The van der Waals surface area contributed by atoms with Crippen LogP contribution in [0.5, 0.6) is 5.75 Å². The zero-order valence-electron chi connectivity index (χ0n) is 14.4. The van der Waals surface area contributed by atoms with E-state index in [0.717, 1.165) is 20.1 Å². The van der Waals surface area contributed by atoms with Crippen molar-refractivity contribution in [1.29, 1.82) is 5.26 Å². The van der Waals surface area contributed by atoms with Gasteiger partial charge in [0.1, 0.15) is 18.2 Å². The lowest BCUT2D eigenvalue weighted by atomic mass is 10.0. The van der Waals surface area contributed by atoms with Crippen LogP contribution in [0.1, 0.15) is 16.7 Å². The lowest BCUT2D eigenvalue weighted by Gasteiger charge is -2.12. The van der Waals surface area contributed by atoms with Gasteiger partial charge in [0.25, 0.3) is 0 Å². The van der Waals surface area contributed by atoms with Crippen LogP contribution < -0.4 is 4.74 Å². The fourth-order valence-corrected chi connectivity index (χ4v) is 4.21. The Hall–Kier alpha value is -2.13. The largest absolute Gasteiger partial charge is 0.486 e. The van der Waals surface area contributed by atoms with Gasteiger partial charge in [0.2, 0.25) is 0 Å². The molecule has 0 N–H and O–H groups in total. The summed E-state index contributed by atoms with van der Waals surface area (Å²) < 4.78 is 20.8. The second-order valence-corrected chi connectivity index (χ2v) is 7.99. The third kappa shape index (κ3) is 5.02. The molecule has 0 aliphatic rings. The molecule has 0 aliphatic heterocycles. The highest BCUT2D eigenvalue weighted by molar-refractivity contribution is 9.11. The normalized spacial score (nSPS) is 11.2. The van der Waals surface area contributed by atoms with Crippen LogP contribution >= 0.6 is 43.5 Å². The van der Waals surface area contributed by atoms with Crippen LogP contribution in [0, 0.1) is 17.1 Å². The zero-order chi connectivity index (χ0) is 20.1. The number of nitrogens with zero attached hydrogens (tertiary/aromatic N) is 1. The maximum absolute atomic E-state index is 13.5. The first kappa shape index (κ1) is 20.6. The van der Waals surface area contributed by atoms with Gasteiger partial charge in [-0.15, -0.1) is 0 Å². The molecule has 0 radical (unpaired) electrons. The van der Waals surface area contributed by atoms with Gasteiger partial charge < -0.3 is 4.74 Å². The van der Waals surface area contributed by atoms with Crippen molar-refractivity contribution in [3.63, 3.8) is 0 Å². The molecule has 2 nitrogen and oxygen atoms in total. The molecule has 0 unspecified atom stereocenters. The van der Waals surface area contributed by atoms with E-state index in [2.05, 4.69) is 37.9 Å². The fraction of sp³-hybridized carbons (Fsp3) is 0.0455. The van der Waals surface area contributed by atoms with Crippen LogP contribution in [-0.4, -0.2) is 0 Å². The number of allylic oxidation sites excluding steroid dienone is 1. The molecule has 0 aromatic heterocycles. The van der Waals surface area contributed by atoms with Gasteiger partial charge in [0.05, 0.1) is 20.6 Å². The zero-order valence-corrected chi connectivity index (χ0v) is 18.4. The van der Waals surface area contributed by atoms with Gasteiger partial charge in [-0.05, 0) is 79.4 Å². The Morgan fingerprint density at radius 3 is 2.43 bits per heavy atom. The number of ether oxygens (including phenoxy) is 1. The maximum atomic E-state index is 13.5. The van der Waals surface area contributed by atoms with Crippen molar-refractivity contribution >= 4 is 55.1 Å². The molecule has 6 heteroatoms. The molecule has 0 atom stereocenters. The molecular formula is C22H13Br2ClFNO. The minimum absolute atomic E-state index is 0.318. The Kier molecular flexibility index (Phi) is 6.90. The second kappa shape index (κ2) is 9.38. The summed E-state index contributed by atoms with van der Waals surface area (Å²) >= 11 is 13.2. The highest BCUT2D eigenvalue weighted by Gasteiger charge is 2.11. The molecule has 0 fully saturated rings. The van der Waals surface area contributed by atoms with Gasteiger partial charge in [0.15, 0.2) is 0 Å². The highest BCUT2D eigenvalue weighted by atomic mass is 79.9. The van der Waals surface area contributed by atoms with Gasteiger partial charge in [0, 0.05) is 10.6 Å². The van der Waals surface area contributed by atoms with Crippen molar-refractivity contribution in [1.82, 2.24) is 0 Å². The van der Waals surface area contributed by atoms with Gasteiger partial charge in [-0.3, -0.25) is 0 Å². The Balaban J connectivity index is 1.87. The Bertz CT molecular complexity index is 1070. The van der Waals surface area contributed by atoms with Crippen molar-refractivity contribution in [3.8, 4) is 11.8 Å². The first-order valence-electron chi connectivity index (χ1n) is 8.21. The number of halogens is 4. The quantitative estimate of drug-likeness (QED) is 0.255. The number of benzene rings is 3. The van der Waals surface area contributed by atoms with Crippen molar-refractivity contribution in [2.75, 3.05) is 0 Å². The van der Waals surface area contributed by atoms with E-state index in [0.29, 0.717) is 28.5 Å². The standard InChI is InChI=1S/C22H13Br2ClFNO/c23-19-9-14(8-17(12-27)15-5-3-6-18(26)11-15)10-20(24)22(19)28-13-16-4-1-2-7-21(16)25/h1-11H,13H2/b17-8-. The molecule has 0 bridgehead atoms. The molecule has 0 spiro atoms. The third-order valence-corrected chi connectivity index (χ3v) is 5.46. The second-order valence-electron chi connectivity index (χ2n) is 5.87. The van der Waals surface area contributed by atoms with E-state index in [9.17, 15) is 9.65 Å². The Labute approximate surface area is 184 Å². The summed E-state index contributed by atoms with van der Waals surface area (Å²) in [4.78, 5) is 0. The summed E-state index contributed by atoms with van der Waals surface area (Å²) in [5, 5.41) is 10.1. The van der Waals surface area contributed by atoms with Gasteiger partial charge >= 0.3 is 0 Å². The monoisotopic (exact) mass is 519 g/mol. The first-order chi connectivity index (χ1) is 13.5. The number of hydrogen-bond acceptors (Lipinski definition) is 2. The number of rotatable bonds is 5. The average Bonchev–Trinajstić information content (AvgIpc) is 2.66. The van der Waals surface area contributed by atoms with Crippen LogP contribution in [0.4, 0.5) is 4.39 Å². The minimum atomic E-state index is -0.385. The molecule has 0 heterocycles. The number of hydrogen-bond donors (Lipinski definition) is 0. The van der Waals surface area contributed by atoms with Crippen molar-refractivity contribution < 1.29 is 9.13 Å². The Morgan fingerprint density at radius 1 is 1.07 bits per heavy atom. The molecule has 3 aromatic rings. The van der Waals surface area contributed by atoms with Crippen LogP contribution in [0.2, 0.25) is 5.02 Å². The Morgan fingerprint density at radius 2 is 1.79 bits per heavy atom. The molecule has 0 saturated heterocycles. The SMILES string of the molecule is N#C/C(=C/c1cc(Br)c(OCc2ccccc2Cl)c(Br)c1)c1cccc(F)c1. The van der Waals surface area contributed by atoms with Gasteiger partial charge in [-0.25, -0.2) is 4.39 Å². The third-order valence-electron chi connectivity index (χ3n) is 3.92. The molecule has 140 valence electrons. The van der Waals surface area contributed by atoms with Crippen LogP contribution in [0.25, 0.3) is 11.6 Å². The van der Waals surface area contributed by atoms with E-state index in [1.165, 1.54) is 12.1 Å². The van der Waals surface area contributed by atoms with E-state index in [1.807, 2.05) is 36.4 Å². The molecular weight excluding hydrogens is 509 g/mol. The lowest BCUT2D eigenvalue weighted by Crippen LogP contribution is -1.98. The van der Waals surface area contributed by atoms with Crippen molar-refractivity contribution in [2.24, 2.45) is 0 Å². The topological polar surface area (TPSA) is 33.0 Å². The van der Waals surface area contributed by atoms with Crippen LogP contribution in [0.15, 0.2) is 69.6 Å². The molecule has 3 rings (SSSR count). The van der Waals surface area contributed by atoms with E-state index in [-0.39, 0.29) is 5.82 Å². The fourth-order valence-electron chi connectivity index (χ4n) is 2.57. The minimum Gasteiger partial charge on any atom is -0.486 e. The molecule has 0 amide bonds. The van der Waals surface area contributed by atoms with Crippen LogP contribution in [0.3, 0.4) is 0 Å². The van der Waals surface area contributed by atoms with Gasteiger partial charge in [-0.2, -0.15) is 5.26 Å². The molecule has 0 aliphatic carbocycles. The van der Waals surface area contributed by atoms with E-state index in [4.69, 9.17) is 16.3 Å². The summed E-state index contributed by atoms with van der Waals surface area (Å²) in [6, 6.07) is 19.2. The summed E-state index contributed by atoms with van der Waals surface area (Å²) in [6.45, 7) is 0.318. The smallest absolute Gasteiger partial charge is 0.148 e. The first-order valence-corrected chi connectivity index (χ1v) is 10.2. The predicted molar refractivity (Wildman–Crippen MR) is 118 cm³/mol. The average molecular weight is 522 g/mol. The number of nitriles is 1. The van der Waals surface area contributed by atoms with E-state index >= 15 is 0 Å². The lowest BCUT2D eigenvalue weighted by molar-refractivity contribution is 0.302. The predicted octanol–water partition coefficient (Wildman–Crippen LogP) is 7.65. The van der Waals surface area contributed by atoms with E-state index in [1.54, 1.807) is 18.2 Å². The maximum Gasteiger partial charge on any atom is 0.148 e. The van der Waals surface area contributed by atoms with E-state index < -0.39 is 0 Å². The molecule has 0 saturated carbocycles. The molecule has 28 heavy (non-hydrogen) atoms. The van der Waals surface area contributed by atoms with Crippen molar-refractivity contribution in [3.05, 3.63) is 97.1 Å². The summed E-state index contributed by atoms with van der Waals surface area (Å²) in [5.41, 5.74) is 2.53. The van der Waals surface area contributed by atoms with Gasteiger partial charge in [-0.1, -0.05) is 41.9 Å².